The van der Waals surface area contributed by atoms with Crippen LogP contribution < -0.4 is 0 Å². The van der Waals surface area contributed by atoms with Gasteiger partial charge in [0.15, 0.2) is 0 Å². The Morgan fingerprint density at radius 2 is 2.08 bits per heavy atom. The van der Waals surface area contributed by atoms with Gasteiger partial charge in [-0.2, -0.15) is 0 Å². The molecule has 0 atom stereocenters. The molecule has 12 heavy (non-hydrogen) atoms. The molecule has 0 heteroatoms. The molecule has 0 unspecified atom stereocenters. The first kappa shape index (κ1) is 9.31. The number of allylic oxidation sites excluding steroid dienone is 6. The van der Waals surface area contributed by atoms with Gasteiger partial charge >= 0.3 is 0 Å². The van der Waals surface area contributed by atoms with E-state index in [0.717, 1.165) is 12.3 Å². The fraction of sp³-hybridized carbons (Fsp3) is 0.500. The average Bonchev–Trinajstić information content (AvgIpc) is 2.16. The number of hydrogen-bond acceptors (Lipinski definition) is 0. The van der Waals surface area contributed by atoms with Crippen LogP contribution in [0.1, 0.15) is 33.6 Å². The van der Waals surface area contributed by atoms with Gasteiger partial charge in [0.25, 0.3) is 0 Å². The van der Waals surface area contributed by atoms with Crippen molar-refractivity contribution in [2.45, 2.75) is 33.6 Å². The minimum atomic E-state index is 0.762. The van der Waals surface area contributed by atoms with Gasteiger partial charge in [0, 0.05) is 0 Å². The summed E-state index contributed by atoms with van der Waals surface area (Å²) >= 11 is 0. The Bertz CT molecular complexity index is 226. The zero-order chi connectivity index (χ0) is 8.97. The highest BCUT2D eigenvalue weighted by Crippen LogP contribution is 2.20. The minimum Gasteiger partial charge on any atom is -0.0805 e. The second-order valence-electron chi connectivity index (χ2n) is 3.89. The molecule has 0 amide bonds. The molecule has 0 bridgehead atoms. The second-order valence-corrected chi connectivity index (χ2v) is 3.89. The van der Waals surface area contributed by atoms with Crippen LogP contribution in [0, 0.1) is 5.92 Å². The molecule has 0 saturated carbocycles. The summed E-state index contributed by atoms with van der Waals surface area (Å²) in [5.74, 6) is 0.762. The lowest BCUT2D eigenvalue weighted by Gasteiger charge is -2.08. The summed E-state index contributed by atoms with van der Waals surface area (Å²) in [4.78, 5) is 0. The van der Waals surface area contributed by atoms with E-state index in [1.54, 1.807) is 0 Å². The number of rotatable bonds is 2. The van der Waals surface area contributed by atoms with E-state index >= 15 is 0 Å². The lowest BCUT2D eigenvalue weighted by molar-refractivity contribution is 0.645. The van der Waals surface area contributed by atoms with Gasteiger partial charge in [-0.3, -0.25) is 0 Å². The Kier molecular flexibility index (Phi) is 3.33. The summed E-state index contributed by atoms with van der Waals surface area (Å²) in [5.41, 5.74) is 3.05. The van der Waals surface area contributed by atoms with Crippen LogP contribution in [0.25, 0.3) is 0 Å². The van der Waals surface area contributed by atoms with Crippen molar-refractivity contribution in [3.63, 3.8) is 0 Å². The van der Waals surface area contributed by atoms with E-state index in [9.17, 15) is 0 Å². The van der Waals surface area contributed by atoms with E-state index in [2.05, 4.69) is 45.1 Å². The highest BCUT2D eigenvalue weighted by molar-refractivity contribution is 5.31. The second kappa shape index (κ2) is 4.30. The highest BCUT2D eigenvalue weighted by Gasteiger charge is 2.02. The summed E-state index contributed by atoms with van der Waals surface area (Å²) in [6.07, 6.45) is 11.1. The van der Waals surface area contributed by atoms with Gasteiger partial charge in [-0.05, 0) is 31.3 Å². The van der Waals surface area contributed by atoms with Crippen molar-refractivity contribution >= 4 is 0 Å². The first-order valence-electron chi connectivity index (χ1n) is 4.72. The van der Waals surface area contributed by atoms with Crippen molar-refractivity contribution in [1.29, 1.82) is 0 Å². The zero-order valence-electron chi connectivity index (χ0n) is 8.30. The third-order valence-electron chi connectivity index (χ3n) is 2.14. The van der Waals surface area contributed by atoms with Crippen LogP contribution in [0.5, 0.6) is 0 Å². The molecule has 1 aliphatic rings. The summed E-state index contributed by atoms with van der Waals surface area (Å²) in [6, 6.07) is 0. The Balaban J connectivity index is 2.72. The molecule has 0 aromatic rings. The molecule has 1 aliphatic carbocycles. The minimum absolute atomic E-state index is 0.762. The molecule has 0 aliphatic heterocycles. The van der Waals surface area contributed by atoms with E-state index in [4.69, 9.17) is 0 Å². The molecular weight excluding hydrogens is 144 g/mol. The molecule has 1 rings (SSSR count). The molecule has 0 radical (unpaired) electrons. The van der Waals surface area contributed by atoms with E-state index < -0.39 is 0 Å². The molecule has 0 saturated heterocycles. The molecule has 0 aromatic heterocycles. The van der Waals surface area contributed by atoms with Crippen molar-refractivity contribution < 1.29 is 0 Å². The first-order valence-corrected chi connectivity index (χ1v) is 4.72. The maximum atomic E-state index is 2.27. The Morgan fingerprint density at radius 3 is 2.75 bits per heavy atom. The quantitative estimate of drug-likeness (QED) is 0.578. The lowest BCUT2D eigenvalue weighted by Crippen LogP contribution is -1.91. The van der Waals surface area contributed by atoms with E-state index in [1.165, 1.54) is 17.6 Å². The van der Waals surface area contributed by atoms with Gasteiger partial charge in [0.1, 0.15) is 0 Å². The molecule has 0 aromatic carbocycles. The maximum Gasteiger partial charge on any atom is -0.0133 e. The highest BCUT2D eigenvalue weighted by atomic mass is 14.1. The van der Waals surface area contributed by atoms with Crippen LogP contribution >= 0.6 is 0 Å². The van der Waals surface area contributed by atoms with Crippen LogP contribution in [0.4, 0.5) is 0 Å². The van der Waals surface area contributed by atoms with Crippen molar-refractivity contribution in [3.05, 3.63) is 35.5 Å². The summed E-state index contributed by atoms with van der Waals surface area (Å²) in [5, 5.41) is 0. The van der Waals surface area contributed by atoms with Crippen molar-refractivity contribution in [2.75, 3.05) is 0 Å². The van der Waals surface area contributed by atoms with Gasteiger partial charge in [-0.25, -0.2) is 0 Å². The van der Waals surface area contributed by atoms with Crippen LogP contribution in [0.3, 0.4) is 0 Å². The predicted molar refractivity (Wildman–Crippen MR) is 55.1 cm³/mol. The van der Waals surface area contributed by atoms with Gasteiger partial charge in [-0.15, -0.1) is 0 Å². The van der Waals surface area contributed by atoms with Crippen molar-refractivity contribution in [2.24, 2.45) is 5.92 Å². The molecule has 0 fully saturated rings. The van der Waals surface area contributed by atoms with Gasteiger partial charge in [0.05, 0.1) is 0 Å². The molecular formula is C12H18. The number of hydrogen-bond donors (Lipinski definition) is 0. The van der Waals surface area contributed by atoms with Crippen LogP contribution in [0.15, 0.2) is 35.5 Å². The van der Waals surface area contributed by atoms with E-state index in [1.807, 2.05) is 0 Å². The fourth-order valence-electron chi connectivity index (χ4n) is 1.45. The first-order chi connectivity index (χ1) is 5.70. The molecule has 0 nitrogen and oxygen atoms in total. The molecule has 0 heterocycles. The summed E-state index contributed by atoms with van der Waals surface area (Å²) in [7, 11) is 0. The Morgan fingerprint density at radius 1 is 1.33 bits per heavy atom. The third kappa shape index (κ3) is 2.69. The lowest BCUT2D eigenvalue weighted by atomic mass is 9.98. The van der Waals surface area contributed by atoms with Gasteiger partial charge in [0.2, 0.25) is 0 Å². The fourth-order valence-corrected chi connectivity index (χ4v) is 1.45. The smallest absolute Gasteiger partial charge is 0.0133 e. The summed E-state index contributed by atoms with van der Waals surface area (Å²) < 4.78 is 0. The topological polar surface area (TPSA) is 0 Å². The maximum absolute atomic E-state index is 2.27. The van der Waals surface area contributed by atoms with Gasteiger partial charge in [-0.1, -0.05) is 43.7 Å². The van der Waals surface area contributed by atoms with Crippen LogP contribution in [-0.4, -0.2) is 0 Å². The standard InChI is InChI=1S/C12H18/c1-10(2)9-12-8-6-4-5-7-11(12)3/h4-6,8,10H,7,9H2,1-3H3. The average molecular weight is 162 g/mol. The largest absolute Gasteiger partial charge is 0.0805 e. The normalized spacial score (nSPS) is 17.3. The third-order valence-corrected chi connectivity index (χ3v) is 2.14. The zero-order valence-corrected chi connectivity index (χ0v) is 8.30. The SMILES string of the molecule is CC1=C(CC(C)C)C=CC=CC1. The molecule has 0 spiro atoms. The monoisotopic (exact) mass is 162 g/mol. The Labute approximate surface area is 75.7 Å². The van der Waals surface area contributed by atoms with Gasteiger partial charge < -0.3 is 0 Å². The van der Waals surface area contributed by atoms with Crippen molar-refractivity contribution in [1.82, 2.24) is 0 Å². The molecule has 0 N–H and O–H groups in total. The molecule has 66 valence electrons. The van der Waals surface area contributed by atoms with Crippen LogP contribution in [-0.2, 0) is 0 Å². The van der Waals surface area contributed by atoms with Crippen LogP contribution in [0.2, 0.25) is 0 Å². The Hall–Kier alpha value is -0.780. The van der Waals surface area contributed by atoms with E-state index in [-0.39, 0.29) is 0 Å². The predicted octanol–water partition coefficient (Wildman–Crippen LogP) is 3.87. The summed E-state index contributed by atoms with van der Waals surface area (Å²) in [6.45, 7) is 6.77. The van der Waals surface area contributed by atoms with E-state index in [0.29, 0.717) is 0 Å². The van der Waals surface area contributed by atoms with Crippen molar-refractivity contribution in [3.8, 4) is 0 Å².